The maximum absolute atomic E-state index is 11.5. The number of carbonyl (C=O) groups is 1. The number of aliphatic carboxylic acids is 1. The number of halogens is 1. The number of carboxylic acids is 1. The van der Waals surface area contributed by atoms with Crippen LogP contribution in [0.15, 0.2) is 46.9 Å². The zero-order valence-corrected chi connectivity index (χ0v) is 12.9. The van der Waals surface area contributed by atoms with Crippen LogP contribution in [0, 0.1) is 13.8 Å². The molecule has 0 spiro atoms. The predicted octanol–water partition coefficient (Wildman–Crippen LogP) is 4.69. The van der Waals surface area contributed by atoms with Gasteiger partial charge in [0, 0.05) is 4.47 Å². The van der Waals surface area contributed by atoms with Gasteiger partial charge in [-0.25, -0.2) is 4.79 Å². The Labute approximate surface area is 126 Å². The Kier molecular flexibility index (Phi) is 4.40. The Morgan fingerprint density at radius 3 is 2.50 bits per heavy atom. The summed E-state index contributed by atoms with van der Waals surface area (Å²) in [4.78, 5) is 11.5. The zero-order valence-electron chi connectivity index (χ0n) is 11.4. The summed E-state index contributed by atoms with van der Waals surface area (Å²) in [5.74, 6) is -0.920. The van der Waals surface area contributed by atoms with E-state index in [1.165, 1.54) is 0 Å². The van der Waals surface area contributed by atoms with Crippen molar-refractivity contribution in [2.24, 2.45) is 0 Å². The first-order valence-corrected chi connectivity index (χ1v) is 7.05. The fourth-order valence-corrected chi connectivity index (χ4v) is 2.55. The van der Waals surface area contributed by atoms with Crippen molar-refractivity contribution in [1.29, 1.82) is 0 Å². The molecule has 0 aliphatic carbocycles. The Balaban J connectivity index is 2.54. The van der Waals surface area contributed by atoms with E-state index in [2.05, 4.69) is 15.9 Å². The SMILES string of the molecule is Cc1ccc(/C(=C/c2cccc(Br)c2)C(=O)O)c(C)c1. The molecular weight excluding hydrogens is 316 g/mol. The number of aryl methyl sites for hydroxylation is 2. The summed E-state index contributed by atoms with van der Waals surface area (Å²) in [5, 5.41) is 9.47. The van der Waals surface area contributed by atoms with Crippen LogP contribution in [0.5, 0.6) is 0 Å². The van der Waals surface area contributed by atoms with Gasteiger partial charge in [0.25, 0.3) is 0 Å². The molecule has 0 saturated heterocycles. The first-order chi connectivity index (χ1) is 9.47. The molecular formula is C17H15BrO2. The second-order valence-electron chi connectivity index (χ2n) is 4.74. The highest BCUT2D eigenvalue weighted by molar-refractivity contribution is 9.10. The lowest BCUT2D eigenvalue weighted by Gasteiger charge is -2.08. The van der Waals surface area contributed by atoms with Gasteiger partial charge in [-0.1, -0.05) is 51.8 Å². The Hall–Kier alpha value is -1.87. The van der Waals surface area contributed by atoms with Crippen LogP contribution in [0.1, 0.15) is 22.3 Å². The van der Waals surface area contributed by atoms with E-state index < -0.39 is 5.97 Å². The van der Waals surface area contributed by atoms with Crippen molar-refractivity contribution in [3.63, 3.8) is 0 Å². The average Bonchev–Trinajstić information content (AvgIpc) is 2.36. The number of carboxylic acid groups (broad SMARTS) is 1. The van der Waals surface area contributed by atoms with E-state index in [0.29, 0.717) is 5.57 Å². The lowest BCUT2D eigenvalue weighted by molar-refractivity contribution is -0.130. The van der Waals surface area contributed by atoms with E-state index in [1.807, 2.05) is 56.3 Å². The minimum atomic E-state index is -0.920. The topological polar surface area (TPSA) is 37.3 Å². The van der Waals surface area contributed by atoms with Gasteiger partial charge in [0.2, 0.25) is 0 Å². The number of rotatable bonds is 3. The molecule has 0 radical (unpaired) electrons. The Morgan fingerprint density at radius 1 is 1.15 bits per heavy atom. The van der Waals surface area contributed by atoms with Crippen LogP contribution < -0.4 is 0 Å². The molecule has 0 unspecified atom stereocenters. The van der Waals surface area contributed by atoms with E-state index in [-0.39, 0.29) is 0 Å². The second kappa shape index (κ2) is 6.06. The summed E-state index contributed by atoms with van der Waals surface area (Å²) < 4.78 is 0.927. The van der Waals surface area contributed by atoms with Crippen molar-refractivity contribution in [2.45, 2.75) is 13.8 Å². The number of hydrogen-bond donors (Lipinski definition) is 1. The van der Waals surface area contributed by atoms with Crippen molar-refractivity contribution in [3.8, 4) is 0 Å². The summed E-state index contributed by atoms with van der Waals surface area (Å²) in [7, 11) is 0. The van der Waals surface area contributed by atoms with Crippen molar-refractivity contribution in [3.05, 3.63) is 69.2 Å². The van der Waals surface area contributed by atoms with Crippen LogP contribution in [-0.4, -0.2) is 11.1 Å². The van der Waals surface area contributed by atoms with Crippen LogP contribution in [0.2, 0.25) is 0 Å². The molecule has 0 saturated carbocycles. The van der Waals surface area contributed by atoms with E-state index in [1.54, 1.807) is 6.08 Å². The molecule has 3 heteroatoms. The lowest BCUT2D eigenvalue weighted by atomic mass is 9.97. The lowest BCUT2D eigenvalue weighted by Crippen LogP contribution is -2.01. The minimum absolute atomic E-state index is 0.306. The van der Waals surface area contributed by atoms with Gasteiger partial charge in [-0.2, -0.15) is 0 Å². The highest BCUT2D eigenvalue weighted by Gasteiger charge is 2.13. The van der Waals surface area contributed by atoms with Gasteiger partial charge < -0.3 is 5.11 Å². The number of benzene rings is 2. The zero-order chi connectivity index (χ0) is 14.7. The summed E-state index contributed by atoms with van der Waals surface area (Å²) in [6.07, 6.45) is 1.70. The summed E-state index contributed by atoms with van der Waals surface area (Å²) >= 11 is 3.39. The summed E-state index contributed by atoms with van der Waals surface area (Å²) in [6.45, 7) is 3.93. The normalized spacial score (nSPS) is 11.4. The van der Waals surface area contributed by atoms with Gasteiger partial charge in [-0.05, 0) is 48.7 Å². The third-order valence-electron chi connectivity index (χ3n) is 3.06. The molecule has 0 fully saturated rings. The van der Waals surface area contributed by atoms with Crippen LogP contribution in [0.3, 0.4) is 0 Å². The summed E-state index contributed by atoms with van der Waals surface area (Å²) in [6, 6.07) is 13.4. The monoisotopic (exact) mass is 330 g/mol. The highest BCUT2D eigenvalue weighted by Crippen LogP contribution is 2.24. The molecule has 2 rings (SSSR count). The fourth-order valence-electron chi connectivity index (χ4n) is 2.13. The van der Waals surface area contributed by atoms with Gasteiger partial charge in [-0.3, -0.25) is 0 Å². The molecule has 1 N–H and O–H groups in total. The largest absolute Gasteiger partial charge is 0.478 e. The average molecular weight is 331 g/mol. The molecule has 0 atom stereocenters. The summed E-state index contributed by atoms with van der Waals surface area (Å²) in [5.41, 5.74) is 4.01. The van der Waals surface area contributed by atoms with Gasteiger partial charge in [0.05, 0.1) is 5.57 Å². The predicted molar refractivity (Wildman–Crippen MR) is 85.6 cm³/mol. The maximum atomic E-state index is 11.5. The van der Waals surface area contributed by atoms with Crippen molar-refractivity contribution < 1.29 is 9.90 Å². The second-order valence-corrected chi connectivity index (χ2v) is 5.65. The van der Waals surface area contributed by atoms with E-state index >= 15 is 0 Å². The molecule has 0 amide bonds. The number of hydrogen-bond acceptors (Lipinski definition) is 1. The van der Waals surface area contributed by atoms with Gasteiger partial charge in [0.1, 0.15) is 0 Å². The fraction of sp³-hybridized carbons (Fsp3) is 0.118. The Bertz CT molecular complexity index is 687. The van der Waals surface area contributed by atoms with E-state index in [4.69, 9.17) is 0 Å². The third-order valence-corrected chi connectivity index (χ3v) is 3.56. The standard InChI is InChI=1S/C17H15BrO2/c1-11-6-7-15(12(2)8-11)16(17(19)20)10-13-4-3-5-14(18)9-13/h3-10H,1-2H3,(H,19,20)/b16-10-. The molecule has 2 aromatic carbocycles. The van der Waals surface area contributed by atoms with E-state index in [9.17, 15) is 9.90 Å². The first-order valence-electron chi connectivity index (χ1n) is 6.25. The Morgan fingerprint density at radius 2 is 1.90 bits per heavy atom. The molecule has 2 aromatic rings. The van der Waals surface area contributed by atoms with Gasteiger partial charge >= 0.3 is 5.97 Å². The molecule has 0 aliphatic heterocycles. The van der Waals surface area contributed by atoms with Crippen molar-refractivity contribution in [2.75, 3.05) is 0 Å². The van der Waals surface area contributed by atoms with Gasteiger partial charge in [-0.15, -0.1) is 0 Å². The quantitative estimate of drug-likeness (QED) is 0.654. The van der Waals surface area contributed by atoms with Crippen LogP contribution in [0.25, 0.3) is 11.6 Å². The molecule has 0 aromatic heterocycles. The molecule has 0 aliphatic rings. The molecule has 2 nitrogen and oxygen atoms in total. The minimum Gasteiger partial charge on any atom is -0.478 e. The first kappa shape index (κ1) is 14.5. The van der Waals surface area contributed by atoms with Crippen LogP contribution >= 0.6 is 15.9 Å². The van der Waals surface area contributed by atoms with Gasteiger partial charge in [0.15, 0.2) is 0 Å². The van der Waals surface area contributed by atoms with Crippen LogP contribution in [0.4, 0.5) is 0 Å². The molecule has 20 heavy (non-hydrogen) atoms. The smallest absolute Gasteiger partial charge is 0.336 e. The van der Waals surface area contributed by atoms with Crippen molar-refractivity contribution >= 4 is 33.5 Å². The molecule has 0 bridgehead atoms. The maximum Gasteiger partial charge on any atom is 0.336 e. The highest BCUT2D eigenvalue weighted by atomic mass is 79.9. The van der Waals surface area contributed by atoms with E-state index in [0.717, 1.165) is 26.7 Å². The molecule has 0 heterocycles. The molecule has 102 valence electrons. The third kappa shape index (κ3) is 3.36. The van der Waals surface area contributed by atoms with Crippen LogP contribution in [-0.2, 0) is 4.79 Å². The van der Waals surface area contributed by atoms with Crippen molar-refractivity contribution in [1.82, 2.24) is 0 Å².